The molecule has 0 aliphatic rings. The number of amides is 3. The van der Waals surface area contributed by atoms with E-state index in [0.717, 1.165) is 4.47 Å². The molecule has 0 spiro atoms. The third-order valence-electron chi connectivity index (χ3n) is 2.05. The molecule has 0 heterocycles. The van der Waals surface area contributed by atoms with Crippen LogP contribution in [0.1, 0.15) is 24.2 Å². The van der Waals surface area contributed by atoms with Gasteiger partial charge in [-0.15, -0.1) is 0 Å². The third-order valence-corrected chi connectivity index (χ3v) is 2.54. The molecule has 3 N–H and O–H groups in total. The van der Waals surface area contributed by atoms with Crippen molar-refractivity contribution in [2.75, 3.05) is 6.54 Å². The predicted molar refractivity (Wildman–Crippen MR) is 73.0 cm³/mol. The highest BCUT2D eigenvalue weighted by Crippen LogP contribution is 2.11. The van der Waals surface area contributed by atoms with Gasteiger partial charge >= 0.3 is 6.03 Å². The largest absolute Gasteiger partial charge is 0.336 e. The minimum atomic E-state index is -0.424. The molecule has 0 atom stereocenters. The van der Waals surface area contributed by atoms with Gasteiger partial charge in [0.1, 0.15) is 0 Å². The van der Waals surface area contributed by atoms with Crippen LogP contribution in [0, 0.1) is 5.92 Å². The number of hydrogen-bond donors (Lipinski definition) is 3. The lowest BCUT2D eigenvalue weighted by Gasteiger charge is -2.10. The molecule has 18 heavy (non-hydrogen) atoms. The summed E-state index contributed by atoms with van der Waals surface area (Å²) in [5, 5.41) is 2.63. The molecule has 0 aliphatic carbocycles. The van der Waals surface area contributed by atoms with E-state index in [2.05, 4.69) is 32.1 Å². The Hall–Kier alpha value is -1.56. The van der Waals surface area contributed by atoms with E-state index in [-0.39, 0.29) is 5.91 Å². The van der Waals surface area contributed by atoms with E-state index in [9.17, 15) is 9.59 Å². The molecule has 0 aromatic heterocycles. The van der Waals surface area contributed by atoms with Gasteiger partial charge in [-0.2, -0.15) is 0 Å². The highest BCUT2D eigenvalue weighted by atomic mass is 79.9. The summed E-state index contributed by atoms with van der Waals surface area (Å²) in [6, 6.07) is 6.47. The van der Waals surface area contributed by atoms with E-state index in [4.69, 9.17) is 0 Å². The van der Waals surface area contributed by atoms with Gasteiger partial charge in [0.2, 0.25) is 0 Å². The summed E-state index contributed by atoms with van der Waals surface area (Å²) in [6.45, 7) is 4.53. The molecule has 0 unspecified atom stereocenters. The Morgan fingerprint density at radius 3 is 2.61 bits per heavy atom. The van der Waals surface area contributed by atoms with Crippen LogP contribution >= 0.6 is 15.9 Å². The first-order valence-corrected chi connectivity index (χ1v) is 6.38. The normalized spacial score (nSPS) is 10.0. The molecule has 6 heteroatoms. The summed E-state index contributed by atoms with van der Waals surface area (Å²) in [6.07, 6.45) is 0. The molecule has 0 aliphatic heterocycles. The van der Waals surface area contributed by atoms with E-state index in [0.29, 0.717) is 18.0 Å². The molecule has 98 valence electrons. The van der Waals surface area contributed by atoms with Gasteiger partial charge in [-0.25, -0.2) is 10.2 Å². The summed E-state index contributed by atoms with van der Waals surface area (Å²) in [7, 11) is 0. The Balaban J connectivity index is 2.39. The van der Waals surface area contributed by atoms with Crippen LogP contribution in [0.4, 0.5) is 4.79 Å². The fourth-order valence-corrected chi connectivity index (χ4v) is 1.56. The SMILES string of the molecule is CC(C)CNC(=O)NNC(=O)c1cccc(Br)c1. The van der Waals surface area contributed by atoms with Gasteiger partial charge in [-0.05, 0) is 24.1 Å². The van der Waals surface area contributed by atoms with Gasteiger partial charge in [0.15, 0.2) is 0 Å². The number of benzene rings is 1. The molecule has 0 saturated carbocycles. The van der Waals surface area contributed by atoms with Crippen molar-refractivity contribution in [1.82, 2.24) is 16.2 Å². The third kappa shape index (κ3) is 5.18. The van der Waals surface area contributed by atoms with Crippen LogP contribution in [0.15, 0.2) is 28.7 Å². The maximum atomic E-state index is 11.7. The van der Waals surface area contributed by atoms with Crippen molar-refractivity contribution < 1.29 is 9.59 Å². The van der Waals surface area contributed by atoms with Gasteiger partial charge in [0.05, 0.1) is 0 Å². The maximum absolute atomic E-state index is 11.7. The van der Waals surface area contributed by atoms with Gasteiger partial charge in [-0.3, -0.25) is 10.2 Å². The van der Waals surface area contributed by atoms with Crippen LogP contribution in [0.3, 0.4) is 0 Å². The summed E-state index contributed by atoms with van der Waals surface area (Å²) >= 11 is 3.27. The van der Waals surface area contributed by atoms with Crippen LogP contribution in [-0.4, -0.2) is 18.5 Å². The van der Waals surface area contributed by atoms with Crippen molar-refractivity contribution in [3.05, 3.63) is 34.3 Å². The highest BCUT2D eigenvalue weighted by Gasteiger charge is 2.07. The Kier molecular flexibility index (Phi) is 5.64. The van der Waals surface area contributed by atoms with Gasteiger partial charge < -0.3 is 5.32 Å². The lowest BCUT2D eigenvalue weighted by molar-refractivity contribution is 0.0936. The van der Waals surface area contributed by atoms with Gasteiger partial charge in [0.25, 0.3) is 5.91 Å². The first-order valence-electron chi connectivity index (χ1n) is 5.59. The van der Waals surface area contributed by atoms with Gasteiger partial charge in [-0.1, -0.05) is 35.8 Å². The molecule has 5 nitrogen and oxygen atoms in total. The van der Waals surface area contributed by atoms with Crippen molar-refractivity contribution in [1.29, 1.82) is 0 Å². The summed E-state index contributed by atoms with van der Waals surface area (Å²) in [4.78, 5) is 23.0. The Morgan fingerprint density at radius 2 is 2.00 bits per heavy atom. The Labute approximate surface area is 114 Å². The molecule has 1 rings (SSSR count). The second-order valence-corrected chi connectivity index (χ2v) is 5.11. The highest BCUT2D eigenvalue weighted by molar-refractivity contribution is 9.10. The van der Waals surface area contributed by atoms with Crippen LogP contribution < -0.4 is 16.2 Å². The fraction of sp³-hybridized carbons (Fsp3) is 0.333. The summed E-state index contributed by atoms with van der Waals surface area (Å²) < 4.78 is 0.805. The number of rotatable bonds is 3. The number of nitrogens with one attached hydrogen (secondary N) is 3. The Bertz CT molecular complexity index is 435. The maximum Gasteiger partial charge on any atom is 0.333 e. The second kappa shape index (κ2) is 7.00. The fourth-order valence-electron chi connectivity index (χ4n) is 1.16. The number of hydrazine groups is 1. The molecule has 1 aromatic rings. The zero-order valence-electron chi connectivity index (χ0n) is 10.3. The zero-order valence-corrected chi connectivity index (χ0v) is 11.9. The monoisotopic (exact) mass is 313 g/mol. The molecule has 0 fully saturated rings. The minimum Gasteiger partial charge on any atom is -0.336 e. The molecule has 0 saturated heterocycles. The van der Waals surface area contributed by atoms with Crippen molar-refractivity contribution in [3.63, 3.8) is 0 Å². The smallest absolute Gasteiger partial charge is 0.333 e. The number of urea groups is 1. The standard InChI is InChI=1S/C12H16BrN3O2/c1-8(2)7-14-12(18)16-15-11(17)9-4-3-5-10(13)6-9/h3-6,8H,7H2,1-2H3,(H,15,17)(H2,14,16,18). The first-order chi connectivity index (χ1) is 8.49. The lowest BCUT2D eigenvalue weighted by Crippen LogP contribution is -2.47. The van der Waals surface area contributed by atoms with Crippen LogP contribution in [0.25, 0.3) is 0 Å². The zero-order chi connectivity index (χ0) is 13.5. The molecule has 0 radical (unpaired) electrons. The lowest BCUT2D eigenvalue weighted by atomic mass is 10.2. The van der Waals surface area contributed by atoms with Crippen molar-refractivity contribution in [2.24, 2.45) is 5.92 Å². The number of halogens is 1. The molecular weight excluding hydrogens is 298 g/mol. The van der Waals surface area contributed by atoms with E-state index >= 15 is 0 Å². The van der Waals surface area contributed by atoms with E-state index < -0.39 is 6.03 Å². The number of hydrogen-bond acceptors (Lipinski definition) is 2. The molecule has 1 aromatic carbocycles. The minimum absolute atomic E-state index is 0.358. The molecule has 3 amide bonds. The van der Waals surface area contributed by atoms with E-state index in [1.807, 2.05) is 19.9 Å². The number of carbonyl (C=O) groups is 2. The van der Waals surface area contributed by atoms with E-state index in [1.54, 1.807) is 18.2 Å². The van der Waals surface area contributed by atoms with Crippen LogP contribution in [-0.2, 0) is 0 Å². The summed E-state index contributed by atoms with van der Waals surface area (Å²) in [5.41, 5.74) is 5.08. The molecular formula is C12H16BrN3O2. The van der Waals surface area contributed by atoms with Crippen LogP contribution in [0.5, 0.6) is 0 Å². The first kappa shape index (κ1) is 14.5. The van der Waals surface area contributed by atoms with E-state index in [1.165, 1.54) is 0 Å². The topological polar surface area (TPSA) is 70.2 Å². The van der Waals surface area contributed by atoms with Crippen molar-refractivity contribution in [2.45, 2.75) is 13.8 Å². The van der Waals surface area contributed by atoms with Crippen LogP contribution in [0.2, 0.25) is 0 Å². The predicted octanol–water partition coefficient (Wildman–Crippen LogP) is 2.05. The van der Waals surface area contributed by atoms with Crippen molar-refractivity contribution >= 4 is 27.9 Å². The number of carbonyl (C=O) groups excluding carboxylic acids is 2. The van der Waals surface area contributed by atoms with Crippen molar-refractivity contribution in [3.8, 4) is 0 Å². The quantitative estimate of drug-likeness (QED) is 0.747. The second-order valence-electron chi connectivity index (χ2n) is 4.19. The van der Waals surface area contributed by atoms with Gasteiger partial charge in [0, 0.05) is 16.6 Å². The average molecular weight is 314 g/mol. The Morgan fingerprint density at radius 1 is 1.28 bits per heavy atom. The molecule has 0 bridgehead atoms. The average Bonchev–Trinajstić information content (AvgIpc) is 2.33. The summed E-state index contributed by atoms with van der Waals surface area (Å²) in [5.74, 6) is -0.00692.